The SMILES string of the molecule is O=C(O)c1ccc(S(=O)(=O)Oc2cccc3cc(N(c4cccc([N+](=O)[O-])c4)S(=O)[O-])c(=O)oc23)cc1. The van der Waals surface area contributed by atoms with Gasteiger partial charge in [0.1, 0.15) is 10.6 Å². The summed E-state index contributed by atoms with van der Waals surface area (Å²) in [6.45, 7) is 0. The van der Waals surface area contributed by atoms with Crippen LogP contribution in [-0.2, 0) is 21.4 Å². The Labute approximate surface area is 209 Å². The van der Waals surface area contributed by atoms with Crippen LogP contribution in [0.4, 0.5) is 17.1 Å². The highest BCUT2D eigenvalue weighted by atomic mass is 32.2. The molecule has 4 aromatic rings. The summed E-state index contributed by atoms with van der Waals surface area (Å²) in [5.41, 5.74) is -2.83. The third-order valence-corrected chi connectivity index (χ3v) is 6.89. The highest BCUT2D eigenvalue weighted by Crippen LogP contribution is 2.33. The lowest BCUT2D eigenvalue weighted by atomic mass is 10.2. The van der Waals surface area contributed by atoms with E-state index in [0.717, 1.165) is 42.5 Å². The second kappa shape index (κ2) is 9.81. The Bertz CT molecular complexity index is 1730. The van der Waals surface area contributed by atoms with Crippen LogP contribution in [0.1, 0.15) is 10.4 Å². The fraction of sp³-hybridized carbons (Fsp3) is 0. The molecular formula is C22H13N2O11S2-. The average molecular weight is 545 g/mol. The molecule has 1 heterocycles. The summed E-state index contributed by atoms with van der Waals surface area (Å²) < 4.78 is 60.2. The molecule has 1 unspecified atom stereocenters. The van der Waals surface area contributed by atoms with Crippen LogP contribution in [0.25, 0.3) is 11.0 Å². The number of aromatic carboxylic acids is 1. The Morgan fingerprint density at radius 2 is 1.73 bits per heavy atom. The number of hydrogen-bond acceptors (Lipinski definition) is 10. The first-order valence-corrected chi connectivity index (χ1v) is 12.4. The standard InChI is InChI=1S/C22H14N2O11S2/c25-21(26)13-7-9-17(10-8-13)37(32,33)35-19-6-1-3-14-11-18(22(27)34-20(14)19)23(36(30)31)15-4-2-5-16(12-15)24(28)29/h1-12H,(H,25,26)(H,30,31)/p-1. The van der Waals surface area contributed by atoms with Gasteiger partial charge in [-0.25, -0.2) is 9.59 Å². The Morgan fingerprint density at radius 1 is 1.05 bits per heavy atom. The van der Waals surface area contributed by atoms with Crippen molar-refractivity contribution >= 4 is 55.4 Å². The number of para-hydroxylation sites is 1. The van der Waals surface area contributed by atoms with E-state index in [1.54, 1.807) is 0 Å². The summed E-state index contributed by atoms with van der Waals surface area (Å²) >= 11 is -3.10. The first-order valence-electron chi connectivity index (χ1n) is 9.96. The first-order chi connectivity index (χ1) is 17.5. The number of carboxylic acid groups (broad SMARTS) is 1. The zero-order valence-electron chi connectivity index (χ0n) is 18.2. The molecule has 1 N–H and O–H groups in total. The minimum atomic E-state index is -4.48. The van der Waals surface area contributed by atoms with Gasteiger partial charge in [0.2, 0.25) is 0 Å². The Kier molecular flexibility index (Phi) is 6.76. The number of non-ortho nitro benzene ring substituents is 1. The van der Waals surface area contributed by atoms with Gasteiger partial charge in [0.15, 0.2) is 11.3 Å². The molecule has 15 heteroatoms. The molecule has 0 fully saturated rings. The highest BCUT2D eigenvalue weighted by Gasteiger charge is 2.23. The molecule has 0 saturated heterocycles. The summed E-state index contributed by atoms with van der Waals surface area (Å²) in [5, 5.41) is 20.1. The van der Waals surface area contributed by atoms with Crippen LogP contribution >= 0.6 is 0 Å². The van der Waals surface area contributed by atoms with Crippen molar-refractivity contribution in [1.29, 1.82) is 0 Å². The van der Waals surface area contributed by atoms with E-state index in [1.165, 1.54) is 30.3 Å². The van der Waals surface area contributed by atoms with Crippen LogP contribution in [0.5, 0.6) is 5.75 Å². The molecule has 0 aliphatic heterocycles. The topological polar surface area (TPSA) is 197 Å². The predicted octanol–water partition coefficient (Wildman–Crippen LogP) is 3.10. The van der Waals surface area contributed by atoms with Crippen molar-refractivity contribution in [2.75, 3.05) is 4.31 Å². The zero-order valence-corrected chi connectivity index (χ0v) is 19.8. The van der Waals surface area contributed by atoms with Crippen molar-refractivity contribution in [1.82, 2.24) is 0 Å². The molecule has 13 nitrogen and oxygen atoms in total. The third kappa shape index (κ3) is 5.18. The van der Waals surface area contributed by atoms with E-state index in [9.17, 15) is 36.9 Å². The third-order valence-electron chi connectivity index (χ3n) is 4.94. The molecule has 0 spiro atoms. The molecule has 0 amide bonds. The molecule has 0 saturated carbocycles. The van der Waals surface area contributed by atoms with E-state index < -0.39 is 55.0 Å². The molecule has 37 heavy (non-hydrogen) atoms. The van der Waals surface area contributed by atoms with Gasteiger partial charge in [-0.1, -0.05) is 18.2 Å². The quantitative estimate of drug-likeness (QED) is 0.112. The molecule has 0 bridgehead atoms. The summed E-state index contributed by atoms with van der Waals surface area (Å²) in [4.78, 5) is 33.8. The van der Waals surface area contributed by atoms with Crippen molar-refractivity contribution in [3.63, 3.8) is 0 Å². The van der Waals surface area contributed by atoms with Crippen LogP contribution in [0.2, 0.25) is 0 Å². The van der Waals surface area contributed by atoms with Gasteiger partial charge < -0.3 is 18.3 Å². The fourth-order valence-electron chi connectivity index (χ4n) is 3.28. The van der Waals surface area contributed by atoms with Crippen molar-refractivity contribution < 1.29 is 40.6 Å². The second-order valence-electron chi connectivity index (χ2n) is 7.25. The molecule has 0 aliphatic rings. The predicted molar refractivity (Wildman–Crippen MR) is 128 cm³/mol. The van der Waals surface area contributed by atoms with Gasteiger partial charge in [-0.2, -0.15) is 8.42 Å². The Balaban J connectivity index is 1.77. The molecule has 190 valence electrons. The number of rotatable bonds is 8. The van der Waals surface area contributed by atoms with Gasteiger partial charge in [-0.05, 0) is 42.5 Å². The van der Waals surface area contributed by atoms with E-state index in [4.69, 9.17) is 13.7 Å². The van der Waals surface area contributed by atoms with Crippen LogP contribution in [0, 0.1) is 10.1 Å². The highest BCUT2D eigenvalue weighted by molar-refractivity contribution is 7.87. The summed E-state index contributed by atoms with van der Waals surface area (Å²) in [7, 11) is -4.48. The van der Waals surface area contributed by atoms with Gasteiger partial charge >= 0.3 is 21.7 Å². The number of nitrogens with zero attached hydrogens (tertiary/aromatic N) is 2. The molecule has 4 rings (SSSR count). The van der Waals surface area contributed by atoms with E-state index >= 15 is 0 Å². The largest absolute Gasteiger partial charge is 0.755 e. The molecule has 3 aromatic carbocycles. The lowest BCUT2D eigenvalue weighted by Crippen LogP contribution is -2.25. The number of carbonyl (C=O) groups is 1. The smallest absolute Gasteiger partial charge is 0.361 e. The van der Waals surface area contributed by atoms with Crippen LogP contribution in [-0.4, -0.2) is 33.2 Å². The number of anilines is 2. The van der Waals surface area contributed by atoms with Gasteiger partial charge in [-0.3, -0.25) is 18.6 Å². The van der Waals surface area contributed by atoms with Gasteiger partial charge in [-0.15, -0.1) is 0 Å². The van der Waals surface area contributed by atoms with Gasteiger partial charge in [0, 0.05) is 17.5 Å². The second-order valence-corrected chi connectivity index (χ2v) is 9.59. The number of fused-ring (bicyclic) bond motifs is 1. The number of carboxylic acids is 1. The maximum atomic E-state index is 12.8. The van der Waals surface area contributed by atoms with Crippen LogP contribution in [0.3, 0.4) is 0 Å². The monoisotopic (exact) mass is 545 g/mol. The van der Waals surface area contributed by atoms with E-state index in [2.05, 4.69) is 0 Å². The lowest BCUT2D eigenvalue weighted by Gasteiger charge is -2.25. The number of nitro groups is 1. The first kappa shape index (κ1) is 25.5. The van der Waals surface area contributed by atoms with Crippen molar-refractivity contribution in [3.05, 3.63) is 98.9 Å². The summed E-state index contributed by atoms with van der Waals surface area (Å²) in [6, 6.07) is 13.8. The van der Waals surface area contributed by atoms with E-state index in [1.807, 2.05) is 0 Å². The van der Waals surface area contributed by atoms with Gasteiger partial charge in [0.05, 0.1) is 27.4 Å². The molecule has 0 radical (unpaired) electrons. The van der Waals surface area contributed by atoms with Crippen molar-refractivity contribution in [2.24, 2.45) is 0 Å². The van der Waals surface area contributed by atoms with Gasteiger partial charge in [0.25, 0.3) is 5.69 Å². The zero-order chi connectivity index (χ0) is 26.9. The Hall–Kier alpha value is -4.60. The minimum Gasteiger partial charge on any atom is -0.755 e. The number of hydrogen-bond donors (Lipinski definition) is 1. The molecular weight excluding hydrogens is 532 g/mol. The minimum absolute atomic E-state index is 0.0735. The number of benzene rings is 3. The fourth-order valence-corrected chi connectivity index (χ4v) is 4.79. The van der Waals surface area contributed by atoms with Crippen LogP contribution in [0.15, 0.2) is 86.9 Å². The maximum Gasteiger partial charge on any atom is 0.361 e. The Morgan fingerprint density at radius 3 is 2.35 bits per heavy atom. The number of nitro benzene ring substituents is 1. The van der Waals surface area contributed by atoms with Crippen LogP contribution < -0.4 is 14.1 Å². The average Bonchev–Trinajstić information content (AvgIpc) is 2.85. The lowest BCUT2D eigenvalue weighted by molar-refractivity contribution is -0.384. The summed E-state index contributed by atoms with van der Waals surface area (Å²) in [6.07, 6.45) is 0. The maximum absolute atomic E-state index is 12.8. The molecule has 0 aliphatic carbocycles. The normalized spacial score (nSPS) is 12.1. The van der Waals surface area contributed by atoms with Crippen molar-refractivity contribution in [2.45, 2.75) is 4.90 Å². The molecule has 1 aromatic heterocycles. The van der Waals surface area contributed by atoms with Crippen molar-refractivity contribution in [3.8, 4) is 5.75 Å². The summed E-state index contributed by atoms with van der Waals surface area (Å²) in [5.74, 6) is -1.65. The molecule has 1 atom stereocenters. The van der Waals surface area contributed by atoms with E-state index in [0.29, 0.717) is 4.31 Å². The van der Waals surface area contributed by atoms with E-state index in [-0.39, 0.29) is 27.1 Å².